The predicted octanol–water partition coefficient (Wildman–Crippen LogP) is 1.78. The van der Waals surface area contributed by atoms with Crippen molar-refractivity contribution in [1.29, 1.82) is 0 Å². The lowest BCUT2D eigenvalue weighted by Gasteiger charge is -2.33. The van der Waals surface area contributed by atoms with E-state index >= 15 is 0 Å². The first-order chi connectivity index (χ1) is 18.0. The minimum absolute atomic E-state index is 0.0313. The van der Waals surface area contributed by atoms with Crippen LogP contribution >= 0.6 is 11.3 Å². The Morgan fingerprint density at radius 3 is 2.42 bits per heavy atom. The summed E-state index contributed by atoms with van der Waals surface area (Å²) in [5.74, 6) is 0.311. The van der Waals surface area contributed by atoms with E-state index < -0.39 is 22.0 Å². The first kappa shape index (κ1) is 27.8. The average molecular weight is 561 g/mol. The number of amides is 2. The third-order valence-corrected chi connectivity index (χ3v) is 9.78. The molecule has 3 aromatic rings. The highest BCUT2D eigenvalue weighted by molar-refractivity contribution is 7.91. The summed E-state index contributed by atoms with van der Waals surface area (Å²) < 4.78 is 28.1. The molecule has 0 aliphatic carbocycles. The monoisotopic (exact) mass is 560 g/mol. The highest BCUT2D eigenvalue weighted by atomic mass is 32.2. The Balaban J connectivity index is 1.48. The van der Waals surface area contributed by atoms with Crippen molar-refractivity contribution in [3.05, 3.63) is 35.8 Å². The van der Waals surface area contributed by atoms with Gasteiger partial charge >= 0.3 is 0 Å². The predicted molar refractivity (Wildman–Crippen MR) is 146 cm³/mol. The molecule has 204 valence electrons. The number of nitrogens with zero attached hydrogens (tertiary/aromatic N) is 5. The van der Waals surface area contributed by atoms with Gasteiger partial charge in [-0.2, -0.15) is 4.31 Å². The van der Waals surface area contributed by atoms with Crippen LogP contribution in [0.2, 0.25) is 0 Å². The van der Waals surface area contributed by atoms with Crippen molar-refractivity contribution in [2.45, 2.75) is 44.5 Å². The van der Waals surface area contributed by atoms with Gasteiger partial charge in [-0.25, -0.2) is 23.4 Å². The number of anilines is 2. The van der Waals surface area contributed by atoms with Crippen LogP contribution in [-0.4, -0.2) is 76.6 Å². The van der Waals surface area contributed by atoms with E-state index in [9.17, 15) is 18.0 Å². The highest BCUT2D eigenvalue weighted by Crippen LogP contribution is 2.30. The molecule has 1 atom stereocenters. The molecule has 1 fully saturated rings. The molecule has 0 unspecified atom stereocenters. The number of rotatable bonds is 9. The number of sulfonamides is 1. The largest absolute Gasteiger partial charge is 0.368 e. The van der Waals surface area contributed by atoms with Crippen LogP contribution in [-0.2, 0) is 26.2 Å². The third kappa shape index (κ3) is 6.09. The normalized spacial score (nSPS) is 16.0. The number of aryl methyl sites for hydroxylation is 1. The highest BCUT2D eigenvalue weighted by Gasteiger charge is 2.32. The molecule has 12 nitrogen and oxygen atoms in total. The second-order valence-electron chi connectivity index (χ2n) is 9.53. The number of aromatic nitrogens is 3. The molecule has 4 rings (SSSR count). The zero-order chi connectivity index (χ0) is 27.6. The van der Waals surface area contributed by atoms with Crippen LogP contribution in [0, 0.1) is 12.8 Å². The third-order valence-electron chi connectivity index (χ3n) is 6.22. The van der Waals surface area contributed by atoms with Gasteiger partial charge in [0.2, 0.25) is 11.8 Å². The van der Waals surface area contributed by atoms with E-state index in [1.807, 2.05) is 38.1 Å². The lowest BCUT2D eigenvalue weighted by molar-refractivity contribution is -0.119. The van der Waals surface area contributed by atoms with E-state index in [0.717, 1.165) is 22.2 Å². The fourth-order valence-electron chi connectivity index (χ4n) is 4.29. The summed E-state index contributed by atoms with van der Waals surface area (Å²) in [5.41, 5.74) is 6.71. The van der Waals surface area contributed by atoms with Crippen LogP contribution in [0.1, 0.15) is 32.3 Å². The Morgan fingerprint density at radius 1 is 1.11 bits per heavy atom. The van der Waals surface area contributed by atoms with Crippen molar-refractivity contribution in [2.75, 3.05) is 36.8 Å². The number of para-hydroxylation sites is 1. The smallest absolute Gasteiger partial charge is 0.254 e. The van der Waals surface area contributed by atoms with Gasteiger partial charge in [0.15, 0.2) is 9.34 Å². The minimum Gasteiger partial charge on any atom is -0.368 e. The molecule has 0 radical (unpaired) electrons. The zero-order valence-corrected chi connectivity index (χ0v) is 23.4. The molecular formula is C24H32N8O4S2. The van der Waals surface area contributed by atoms with Crippen LogP contribution in [0.4, 0.5) is 10.9 Å². The number of benzene rings is 1. The number of hydrogen-bond donors (Lipinski definition) is 3. The van der Waals surface area contributed by atoms with E-state index in [1.165, 1.54) is 11.2 Å². The second kappa shape index (κ2) is 11.3. The molecule has 1 aliphatic heterocycles. The summed E-state index contributed by atoms with van der Waals surface area (Å²) in [5, 5.41) is 6.80. The average Bonchev–Trinajstić information content (AvgIpc) is 3.22. The summed E-state index contributed by atoms with van der Waals surface area (Å²) in [4.78, 5) is 39.0. The van der Waals surface area contributed by atoms with Gasteiger partial charge < -0.3 is 16.4 Å². The van der Waals surface area contributed by atoms with Crippen molar-refractivity contribution < 1.29 is 18.0 Å². The molecule has 14 heteroatoms. The summed E-state index contributed by atoms with van der Waals surface area (Å²) in [6, 6.07) is 6.96. The number of nitrogens with two attached hydrogens (primary N) is 1. The molecule has 2 aromatic heterocycles. The van der Waals surface area contributed by atoms with Gasteiger partial charge in [0.25, 0.3) is 10.0 Å². The van der Waals surface area contributed by atoms with Gasteiger partial charge in [-0.3, -0.25) is 14.5 Å². The molecule has 0 spiro atoms. The van der Waals surface area contributed by atoms with Gasteiger partial charge in [-0.05, 0) is 25.0 Å². The number of thiazole rings is 1. The van der Waals surface area contributed by atoms with E-state index in [2.05, 4.69) is 20.5 Å². The van der Waals surface area contributed by atoms with E-state index in [4.69, 9.17) is 15.7 Å². The van der Waals surface area contributed by atoms with Crippen LogP contribution < -0.4 is 16.4 Å². The zero-order valence-electron chi connectivity index (χ0n) is 21.8. The summed E-state index contributed by atoms with van der Waals surface area (Å²) in [6.07, 6.45) is 0. The number of nitrogens with one attached hydrogen (secondary N) is 2. The summed E-state index contributed by atoms with van der Waals surface area (Å²) in [7, 11) is -3.74. The number of carbonyl (C=O) groups excluding carboxylic acids is 2. The molecule has 1 aromatic carbocycles. The van der Waals surface area contributed by atoms with Crippen LogP contribution in [0.5, 0.6) is 0 Å². The van der Waals surface area contributed by atoms with Crippen LogP contribution in [0.25, 0.3) is 10.9 Å². The standard InChI is InChI=1S/C24H32N8O4S2/c1-14(2)20(21(25)34)30-22-17-7-5-6-8-18(17)28-19(29-22)13-31-9-11-32(12-10-31)38(35,36)23-15(3)26-24(37-23)27-16(4)33/h5-8,14,20H,9-13H2,1-4H3,(H2,25,34)(H,26,27,33)(H,28,29,30)/t20-/m0/s1. The van der Waals surface area contributed by atoms with Crippen molar-refractivity contribution >= 4 is 55.0 Å². The Hall–Kier alpha value is -3.20. The minimum atomic E-state index is -3.74. The maximum Gasteiger partial charge on any atom is 0.254 e. The van der Waals surface area contributed by atoms with Gasteiger partial charge in [0.05, 0.1) is 17.8 Å². The van der Waals surface area contributed by atoms with E-state index in [1.54, 1.807) is 6.92 Å². The molecular weight excluding hydrogens is 528 g/mol. The van der Waals surface area contributed by atoms with E-state index in [0.29, 0.717) is 50.1 Å². The Morgan fingerprint density at radius 2 is 1.79 bits per heavy atom. The second-order valence-corrected chi connectivity index (χ2v) is 12.7. The Kier molecular flexibility index (Phi) is 8.25. The van der Waals surface area contributed by atoms with Gasteiger partial charge in [-0.15, -0.1) is 0 Å². The molecule has 0 saturated carbocycles. The molecule has 0 bridgehead atoms. The SMILES string of the molecule is CC(=O)Nc1nc(C)c(S(=O)(=O)N2CCN(Cc3nc(N[C@H](C(N)=O)C(C)C)c4ccccc4n3)CC2)s1. The maximum absolute atomic E-state index is 13.3. The lowest BCUT2D eigenvalue weighted by atomic mass is 10.0. The summed E-state index contributed by atoms with van der Waals surface area (Å²) >= 11 is 0.957. The molecule has 4 N–H and O–H groups in total. The maximum atomic E-state index is 13.3. The topological polar surface area (TPSA) is 164 Å². The molecule has 38 heavy (non-hydrogen) atoms. The fraction of sp³-hybridized carbons (Fsp3) is 0.458. The molecule has 3 heterocycles. The first-order valence-electron chi connectivity index (χ1n) is 12.2. The van der Waals surface area contributed by atoms with Crippen molar-refractivity contribution in [3.63, 3.8) is 0 Å². The number of carbonyl (C=O) groups is 2. The molecule has 2 amide bonds. The van der Waals surface area contributed by atoms with Crippen LogP contribution in [0.15, 0.2) is 28.5 Å². The number of primary amides is 1. The fourth-order valence-corrected chi connectivity index (χ4v) is 7.31. The van der Waals surface area contributed by atoms with Gasteiger partial charge in [0, 0.05) is 38.5 Å². The molecule has 1 saturated heterocycles. The first-order valence-corrected chi connectivity index (χ1v) is 14.5. The number of hydrogen-bond acceptors (Lipinski definition) is 10. The summed E-state index contributed by atoms with van der Waals surface area (Å²) in [6.45, 7) is 8.79. The van der Waals surface area contributed by atoms with Crippen molar-refractivity contribution in [3.8, 4) is 0 Å². The number of piperazine rings is 1. The van der Waals surface area contributed by atoms with Crippen molar-refractivity contribution in [2.24, 2.45) is 11.7 Å². The van der Waals surface area contributed by atoms with Crippen molar-refractivity contribution in [1.82, 2.24) is 24.2 Å². The number of fused-ring (bicyclic) bond motifs is 1. The lowest BCUT2D eigenvalue weighted by Crippen LogP contribution is -2.48. The molecule has 1 aliphatic rings. The Bertz CT molecular complexity index is 1450. The van der Waals surface area contributed by atoms with Gasteiger partial charge in [0.1, 0.15) is 17.7 Å². The van der Waals surface area contributed by atoms with E-state index in [-0.39, 0.29) is 21.2 Å². The van der Waals surface area contributed by atoms with Crippen LogP contribution in [0.3, 0.4) is 0 Å². The Labute approximate surface area is 225 Å². The quantitative estimate of drug-likeness (QED) is 0.354. The van der Waals surface area contributed by atoms with Gasteiger partial charge in [-0.1, -0.05) is 37.3 Å².